The monoisotopic (exact) mass is 250 g/mol. The van der Waals surface area contributed by atoms with Crippen LogP contribution in [0.1, 0.15) is 0 Å². The lowest BCUT2D eigenvalue weighted by molar-refractivity contribution is 0.441. The van der Waals surface area contributed by atoms with Crippen LogP contribution in [0.15, 0.2) is 22.7 Å². The van der Waals surface area contributed by atoms with Gasteiger partial charge < -0.3 is 14.5 Å². The lowest BCUT2D eigenvalue weighted by Gasteiger charge is -2.09. The Hall–Kier alpha value is -0.590. The lowest BCUT2D eigenvalue weighted by atomic mass is 10.3. The molecule has 0 aromatic heterocycles. The van der Waals surface area contributed by atoms with Crippen LogP contribution in [0.4, 0.5) is 5.69 Å². The van der Waals surface area contributed by atoms with Crippen LogP contribution in [0.5, 0.6) is 5.75 Å². The Kier molecular flexibility index (Phi) is 3.07. The largest absolute Gasteiger partial charge is 0.740 e. The molecular formula is C6H5BrNO3S-. The summed E-state index contributed by atoms with van der Waals surface area (Å²) < 4.78 is 25.4. The number of hydrogen-bond donors (Lipinski definition) is 1. The molecule has 1 rings (SSSR count). The molecule has 0 spiro atoms. The zero-order valence-corrected chi connectivity index (χ0v) is 8.22. The molecule has 2 N–H and O–H groups in total. The molecule has 0 saturated carbocycles. The molecule has 1 aromatic rings. The zero-order valence-electron chi connectivity index (χ0n) is 5.82. The molecule has 0 radical (unpaired) electrons. The van der Waals surface area contributed by atoms with Gasteiger partial charge in [0.2, 0.25) is 0 Å². The van der Waals surface area contributed by atoms with Gasteiger partial charge in [-0.15, -0.1) is 0 Å². The molecule has 0 heterocycles. The summed E-state index contributed by atoms with van der Waals surface area (Å²) in [4.78, 5) is 0. The van der Waals surface area contributed by atoms with Gasteiger partial charge in [-0.3, -0.25) is 0 Å². The molecule has 1 aromatic carbocycles. The van der Waals surface area contributed by atoms with E-state index in [1.165, 1.54) is 6.07 Å². The number of rotatable bonds is 2. The van der Waals surface area contributed by atoms with Gasteiger partial charge in [0.15, 0.2) is 5.75 Å². The third-order valence-electron chi connectivity index (χ3n) is 1.13. The van der Waals surface area contributed by atoms with Crippen molar-refractivity contribution in [3.63, 3.8) is 0 Å². The minimum Gasteiger partial charge on any atom is -0.740 e. The quantitative estimate of drug-likeness (QED) is 0.633. The molecule has 12 heavy (non-hydrogen) atoms. The molecule has 0 saturated heterocycles. The predicted octanol–water partition coefficient (Wildman–Crippen LogP) is 1.20. The highest BCUT2D eigenvalue weighted by Crippen LogP contribution is 2.25. The van der Waals surface area contributed by atoms with Crippen molar-refractivity contribution in [1.29, 1.82) is 0 Å². The summed E-state index contributed by atoms with van der Waals surface area (Å²) in [5.74, 6) is 0.123. The number of nitrogen functional groups attached to an aromatic ring is 1. The van der Waals surface area contributed by atoms with Crippen molar-refractivity contribution in [2.24, 2.45) is 0 Å². The Balaban J connectivity index is 2.97. The van der Waals surface area contributed by atoms with E-state index in [2.05, 4.69) is 20.1 Å². The van der Waals surface area contributed by atoms with Gasteiger partial charge in [-0.2, -0.15) is 0 Å². The van der Waals surface area contributed by atoms with Crippen LogP contribution in [0, 0.1) is 0 Å². The minimum absolute atomic E-state index is 0.123. The average Bonchev–Trinajstić information content (AvgIpc) is 1.96. The Morgan fingerprint density at radius 3 is 2.83 bits per heavy atom. The predicted molar refractivity (Wildman–Crippen MR) is 48.1 cm³/mol. The highest BCUT2D eigenvalue weighted by atomic mass is 79.9. The van der Waals surface area contributed by atoms with E-state index in [1.54, 1.807) is 12.1 Å². The highest BCUT2D eigenvalue weighted by Gasteiger charge is 2.00. The van der Waals surface area contributed by atoms with Crippen molar-refractivity contribution >= 4 is 33.0 Å². The van der Waals surface area contributed by atoms with Crippen LogP contribution >= 0.6 is 15.9 Å². The molecule has 1 atom stereocenters. The van der Waals surface area contributed by atoms with E-state index < -0.39 is 11.4 Å². The van der Waals surface area contributed by atoms with E-state index in [-0.39, 0.29) is 11.4 Å². The summed E-state index contributed by atoms with van der Waals surface area (Å²) in [6.07, 6.45) is 0. The second-order valence-corrected chi connectivity index (χ2v) is 3.46. The number of anilines is 1. The Labute approximate surface area is 80.3 Å². The summed E-state index contributed by atoms with van der Waals surface area (Å²) in [7, 11) is 0. The van der Waals surface area contributed by atoms with Gasteiger partial charge >= 0.3 is 0 Å². The van der Waals surface area contributed by atoms with Crippen LogP contribution in [0.2, 0.25) is 0 Å². The molecule has 1 unspecified atom stereocenters. The standard InChI is InChI=1S/C6H6BrNO3S/c7-4-1-2-5(8)6(3-4)11-12(9)10/h1-3H,8H2,(H,9,10)/p-1. The van der Waals surface area contributed by atoms with E-state index >= 15 is 0 Å². The van der Waals surface area contributed by atoms with E-state index in [4.69, 9.17) is 5.73 Å². The highest BCUT2D eigenvalue weighted by molar-refractivity contribution is 9.10. The fourth-order valence-corrected chi connectivity index (χ4v) is 1.28. The second kappa shape index (κ2) is 3.88. The summed E-state index contributed by atoms with van der Waals surface area (Å²) in [6.45, 7) is 0. The van der Waals surface area contributed by atoms with Gasteiger partial charge in [0.25, 0.3) is 0 Å². The van der Waals surface area contributed by atoms with Crippen LogP contribution in [-0.4, -0.2) is 8.76 Å². The topological polar surface area (TPSA) is 75.4 Å². The maximum atomic E-state index is 10.1. The van der Waals surface area contributed by atoms with Gasteiger partial charge in [0.05, 0.1) is 5.69 Å². The van der Waals surface area contributed by atoms with Crippen molar-refractivity contribution < 1.29 is 12.9 Å². The summed E-state index contributed by atoms with van der Waals surface area (Å²) in [5.41, 5.74) is 5.70. The molecule has 0 bridgehead atoms. The van der Waals surface area contributed by atoms with E-state index in [0.717, 1.165) is 0 Å². The van der Waals surface area contributed by atoms with Gasteiger partial charge in [0.1, 0.15) is 11.4 Å². The first kappa shape index (κ1) is 9.50. The minimum atomic E-state index is -2.59. The maximum Gasteiger partial charge on any atom is 0.163 e. The first-order valence-corrected chi connectivity index (χ1v) is 4.71. The number of halogens is 1. The Bertz CT molecular complexity index is 318. The van der Waals surface area contributed by atoms with Crippen LogP contribution in [0.3, 0.4) is 0 Å². The second-order valence-electron chi connectivity index (χ2n) is 1.97. The molecule has 6 heteroatoms. The lowest BCUT2D eigenvalue weighted by Crippen LogP contribution is -2.00. The van der Waals surface area contributed by atoms with Gasteiger partial charge in [-0.25, -0.2) is 4.21 Å². The fraction of sp³-hybridized carbons (Fsp3) is 0. The smallest absolute Gasteiger partial charge is 0.163 e. The first-order chi connectivity index (χ1) is 5.59. The molecule has 0 aliphatic heterocycles. The average molecular weight is 251 g/mol. The molecule has 0 aliphatic carbocycles. The van der Waals surface area contributed by atoms with Crippen LogP contribution in [0.25, 0.3) is 0 Å². The first-order valence-electron chi connectivity index (χ1n) is 2.92. The van der Waals surface area contributed by atoms with Gasteiger partial charge in [-0.1, -0.05) is 15.9 Å². The third kappa shape index (κ3) is 2.47. The molecule has 0 fully saturated rings. The Morgan fingerprint density at radius 2 is 2.25 bits per heavy atom. The molecular weight excluding hydrogens is 246 g/mol. The SMILES string of the molecule is Nc1ccc(Br)cc1OS(=O)[O-]. The van der Waals surface area contributed by atoms with Gasteiger partial charge in [0, 0.05) is 4.47 Å². The van der Waals surface area contributed by atoms with Crippen molar-refractivity contribution in [2.75, 3.05) is 5.73 Å². The van der Waals surface area contributed by atoms with Crippen molar-refractivity contribution in [1.82, 2.24) is 0 Å². The fourth-order valence-electron chi connectivity index (χ4n) is 0.654. The van der Waals surface area contributed by atoms with Crippen molar-refractivity contribution in [3.05, 3.63) is 22.7 Å². The van der Waals surface area contributed by atoms with E-state index in [9.17, 15) is 8.76 Å². The van der Waals surface area contributed by atoms with E-state index in [0.29, 0.717) is 4.47 Å². The Morgan fingerprint density at radius 1 is 1.58 bits per heavy atom. The number of hydrogen-bond acceptors (Lipinski definition) is 4. The number of nitrogens with two attached hydrogens (primary N) is 1. The summed E-state index contributed by atoms with van der Waals surface area (Å²) >= 11 is 0.564. The molecule has 66 valence electrons. The third-order valence-corrected chi connectivity index (χ3v) is 1.94. The zero-order chi connectivity index (χ0) is 9.14. The summed E-state index contributed by atoms with van der Waals surface area (Å²) in [6, 6.07) is 4.72. The van der Waals surface area contributed by atoms with Crippen LogP contribution in [-0.2, 0) is 11.4 Å². The normalized spacial score (nSPS) is 12.5. The number of benzene rings is 1. The van der Waals surface area contributed by atoms with Gasteiger partial charge in [-0.05, 0) is 18.2 Å². The maximum absolute atomic E-state index is 10.1. The van der Waals surface area contributed by atoms with Crippen molar-refractivity contribution in [3.8, 4) is 5.75 Å². The molecule has 0 aliphatic rings. The molecule has 0 amide bonds. The summed E-state index contributed by atoms with van der Waals surface area (Å²) in [5, 5.41) is 0. The van der Waals surface area contributed by atoms with Crippen LogP contribution < -0.4 is 9.92 Å². The van der Waals surface area contributed by atoms with Crippen molar-refractivity contribution in [2.45, 2.75) is 0 Å². The molecule has 4 nitrogen and oxygen atoms in total. The van der Waals surface area contributed by atoms with E-state index in [1.807, 2.05) is 0 Å².